The van der Waals surface area contributed by atoms with Crippen molar-refractivity contribution in [1.82, 2.24) is 9.88 Å². The minimum absolute atomic E-state index is 0.258. The first-order valence-electron chi connectivity index (χ1n) is 5.91. The summed E-state index contributed by atoms with van der Waals surface area (Å²) in [6.07, 6.45) is 3.29. The predicted molar refractivity (Wildman–Crippen MR) is 66.9 cm³/mol. The van der Waals surface area contributed by atoms with Gasteiger partial charge in [-0.2, -0.15) is 0 Å². The molecule has 0 saturated carbocycles. The molecule has 17 heavy (non-hydrogen) atoms. The fourth-order valence-electron chi connectivity index (χ4n) is 1.83. The zero-order valence-corrected chi connectivity index (χ0v) is 10.1. The third-order valence-electron chi connectivity index (χ3n) is 2.88. The Bertz CT molecular complexity index is 467. The Kier molecular flexibility index (Phi) is 4.12. The van der Waals surface area contributed by atoms with Gasteiger partial charge in [0.15, 0.2) is 12.0 Å². The monoisotopic (exact) mass is 234 g/mol. The molecular weight excluding hydrogens is 216 g/mol. The smallest absolute Gasteiger partial charge is 0.181 e. The molecule has 0 unspecified atom stereocenters. The number of hydrogen-bond donors (Lipinski definition) is 1. The SMILES string of the molecule is CN(CCCO)CCc1ccc2ncoc2c1. The van der Waals surface area contributed by atoms with E-state index in [1.54, 1.807) is 0 Å². The molecule has 0 spiro atoms. The second kappa shape index (κ2) is 5.80. The molecule has 0 bridgehead atoms. The number of rotatable bonds is 6. The fraction of sp³-hybridized carbons (Fsp3) is 0.462. The van der Waals surface area contributed by atoms with Gasteiger partial charge < -0.3 is 14.4 Å². The van der Waals surface area contributed by atoms with Crippen molar-refractivity contribution in [3.05, 3.63) is 30.2 Å². The summed E-state index contributed by atoms with van der Waals surface area (Å²) in [4.78, 5) is 6.31. The zero-order valence-electron chi connectivity index (χ0n) is 10.1. The average Bonchev–Trinajstić information content (AvgIpc) is 2.81. The van der Waals surface area contributed by atoms with E-state index in [1.807, 2.05) is 12.1 Å². The highest BCUT2D eigenvalue weighted by Crippen LogP contribution is 2.14. The van der Waals surface area contributed by atoms with E-state index in [0.29, 0.717) is 0 Å². The van der Waals surface area contributed by atoms with Crippen molar-refractivity contribution in [3.63, 3.8) is 0 Å². The van der Waals surface area contributed by atoms with Gasteiger partial charge in [-0.15, -0.1) is 0 Å². The van der Waals surface area contributed by atoms with Crippen LogP contribution in [0.3, 0.4) is 0 Å². The first-order valence-corrected chi connectivity index (χ1v) is 5.91. The summed E-state index contributed by atoms with van der Waals surface area (Å²) in [5.74, 6) is 0. The highest BCUT2D eigenvalue weighted by atomic mass is 16.3. The number of oxazole rings is 1. The van der Waals surface area contributed by atoms with Gasteiger partial charge in [-0.25, -0.2) is 4.98 Å². The lowest BCUT2D eigenvalue weighted by Crippen LogP contribution is -2.23. The van der Waals surface area contributed by atoms with E-state index in [4.69, 9.17) is 9.52 Å². The largest absolute Gasteiger partial charge is 0.443 e. The molecule has 4 heteroatoms. The Morgan fingerprint density at radius 1 is 1.35 bits per heavy atom. The van der Waals surface area contributed by atoms with Crippen LogP contribution in [0.5, 0.6) is 0 Å². The van der Waals surface area contributed by atoms with Crippen LogP contribution in [-0.4, -0.2) is 41.7 Å². The lowest BCUT2D eigenvalue weighted by molar-refractivity contribution is 0.248. The van der Waals surface area contributed by atoms with E-state index in [1.165, 1.54) is 12.0 Å². The van der Waals surface area contributed by atoms with Crippen molar-refractivity contribution in [2.45, 2.75) is 12.8 Å². The molecule has 0 aliphatic rings. The van der Waals surface area contributed by atoms with Crippen LogP contribution in [0.1, 0.15) is 12.0 Å². The number of hydrogen-bond acceptors (Lipinski definition) is 4. The molecule has 2 aromatic rings. The standard InChI is InChI=1S/C13H18N2O2/c1-15(6-2-8-16)7-5-11-3-4-12-13(9-11)17-10-14-12/h3-4,9-10,16H,2,5-8H2,1H3. The van der Waals surface area contributed by atoms with Crippen LogP contribution in [0.25, 0.3) is 11.1 Å². The maximum atomic E-state index is 8.75. The molecule has 2 rings (SSSR count). The molecule has 0 radical (unpaired) electrons. The van der Waals surface area contributed by atoms with Crippen LogP contribution >= 0.6 is 0 Å². The number of benzene rings is 1. The Morgan fingerprint density at radius 2 is 2.24 bits per heavy atom. The summed E-state index contributed by atoms with van der Waals surface area (Å²) < 4.78 is 5.27. The minimum atomic E-state index is 0.258. The molecule has 92 valence electrons. The highest BCUT2D eigenvalue weighted by molar-refractivity contribution is 5.72. The van der Waals surface area contributed by atoms with Crippen molar-refractivity contribution >= 4 is 11.1 Å². The zero-order chi connectivity index (χ0) is 12.1. The molecule has 1 N–H and O–H groups in total. The van der Waals surface area contributed by atoms with Gasteiger partial charge in [-0.05, 0) is 37.6 Å². The van der Waals surface area contributed by atoms with Gasteiger partial charge in [-0.1, -0.05) is 6.07 Å². The van der Waals surface area contributed by atoms with Gasteiger partial charge in [0.2, 0.25) is 0 Å². The first kappa shape index (κ1) is 12.1. The Hall–Kier alpha value is -1.39. The fourth-order valence-corrected chi connectivity index (χ4v) is 1.83. The van der Waals surface area contributed by atoms with Crippen LogP contribution in [-0.2, 0) is 6.42 Å². The number of likely N-dealkylation sites (N-methyl/N-ethyl adjacent to an activating group) is 1. The van der Waals surface area contributed by atoms with Gasteiger partial charge in [0, 0.05) is 19.7 Å². The van der Waals surface area contributed by atoms with Crippen LogP contribution in [0.15, 0.2) is 29.0 Å². The lowest BCUT2D eigenvalue weighted by Gasteiger charge is -2.15. The first-order chi connectivity index (χ1) is 8.29. The van der Waals surface area contributed by atoms with E-state index in [0.717, 1.165) is 37.0 Å². The quantitative estimate of drug-likeness (QED) is 0.826. The number of aliphatic hydroxyl groups excluding tert-OH is 1. The summed E-state index contributed by atoms with van der Waals surface area (Å²) in [6, 6.07) is 6.12. The molecule has 0 amide bonds. The van der Waals surface area contributed by atoms with E-state index in [2.05, 4.69) is 23.0 Å². The third-order valence-corrected chi connectivity index (χ3v) is 2.88. The molecular formula is C13H18N2O2. The molecule has 0 atom stereocenters. The van der Waals surface area contributed by atoms with Crippen LogP contribution in [0.4, 0.5) is 0 Å². The van der Waals surface area contributed by atoms with Crippen molar-refractivity contribution in [3.8, 4) is 0 Å². The highest BCUT2D eigenvalue weighted by Gasteiger charge is 2.02. The van der Waals surface area contributed by atoms with Crippen molar-refractivity contribution in [1.29, 1.82) is 0 Å². The maximum Gasteiger partial charge on any atom is 0.181 e. The summed E-state index contributed by atoms with van der Waals surface area (Å²) in [6.45, 7) is 2.18. The van der Waals surface area contributed by atoms with E-state index in [9.17, 15) is 0 Å². The van der Waals surface area contributed by atoms with Gasteiger partial charge in [-0.3, -0.25) is 0 Å². The molecule has 0 aliphatic carbocycles. The van der Waals surface area contributed by atoms with Gasteiger partial charge in [0.25, 0.3) is 0 Å². The van der Waals surface area contributed by atoms with Gasteiger partial charge in [0.1, 0.15) is 5.52 Å². The molecule has 1 heterocycles. The molecule has 0 aliphatic heterocycles. The number of nitrogens with zero attached hydrogens (tertiary/aromatic N) is 2. The second-order valence-electron chi connectivity index (χ2n) is 4.28. The maximum absolute atomic E-state index is 8.75. The van der Waals surface area contributed by atoms with Crippen molar-refractivity contribution < 1.29 is 9.52 Å². The normalized spacial score (nSPS) is 11.5. The summed E-state index contributed by atoms with van der Waals surface area (Å²) in [5, 5.41) is 8.75. The number of fused-ring (bicyclic) bond motifs is 1. The van der Waals surface area contributed by atoms with Crippen molar-refractivity contribution in [2.75, 3.05) is 26.7 Å². The summed E-state index contributed by atoms with van der Waals surface area (Å²) in [5.41, 5.74) is 3.01. The van der Waals surface area contributed by atoms with Crippen molar-refractivity contribution in [2.24, 2.45) is 0 Å². The summed E-state index contributed by atoms with van der Waals surface area (Å²) in [7, 11) is 2.07. The Morgan fingerprint density at radius 3 is 3.06 bits per heavy atom. The molecule has 0 fully saturated rings. The predicted octanol–water partition coefficient (Wildman–Crippen LogP) is 1.68. The van der Waals surface area contributed by atoms with E-state index in [-0.39, 0.29) is 6.61 Å². The molecule has 4 nitrogen and oxygen atoms in total. The molecule has 1 aromatic carbocycles. The Balaban J connectivity index is 1.89. The van der Waals surface area contributed by atoms with E-state index >= 15 is 0 Å². The topological polar surface area (TPSA) is 49.5 Å². The lowest BCUT2D eigenvalue weighted by atomic mass is 10.1. The second-order valence-corrected chi connectivity index (χ2v) is 4.28. The molecule has 1 aromatic heterocycles. The van der Waals surface area contributed by atoms with Crippen LogP contribution < -0.4 is 0 Å². The average molecular weight is 234 g/mol. The van der Waals surface area contributed by atoms with Crippen LogP contribution in [0.2, 0.25) is 0 Å². The summed E-state index contributed by atoms with van der Waals surface area (Å²) >= 11 is 0. The number of aliphatic hydroxyl groups is 1. The Labute approximate surface area is 101 Å². The minimum Gasteiger partial charge on any atom is -0.443 e. The van der Waals surface area contributed by atoms with Gasteiger partial charge in [0.05, 0.1) is 0 Å². The van der Waals surface area contributed by atoms with E-state index < -0.39 is 0 Å². The molecule has 0 saturated heterocycles. The van der Waals surface area contributed by atoms with Crippen LogP contribution in [0, 0.1) is 0 Å². The number of aromatic nitrogens is 1. The van der Waals surface area contributed by atoms with Gasteiger partial charge >= 0.3 is 0 Å². The third kappa shape index (κ3) is 3.28.